The van der Waals surface area contributed by atoms with Crippen molar-refractivity contribution in [1.82, 2.24) is 19.7 Å². The summed E-state index contributed by atoms with van der Waals surface area (Å²) in [7, 11) is 0. The Morgan fingerprint density at radius 1 is 0.917 bits per heavy atom. The SMILES string of the molecule is CC(F)(c1ccc(-n2cc(-c3ccncc3)cn2)nc1)C(F)(F)F. The molecule has 24 heavy (non-hydrogen) atoms. The molecule has 3 aromatic rings. The molecule has 0 N–H and O–H groups in total. The van der Waals surface area contributed by atoms with Gasteiger partial charge in [-0.2, -0.15) is 18.3 Å². The topological polar surface area (TPSA) is 43.6 Å². The van der Waals surface area contributed by atoms with Crippen LogP contribution in [0.2, 0.25) is 0 Å². The van der Waals surface area contributed by atoms with Crippen LogP contribution in [-0.2, 0) is 5.67 Å². The number of pyridine rings is 2. The highest BCUT2D eigenvalue weighted by molar-refractivity contribution is 5.61. The lowest BCUT2D eigenvalue weighted by Gasteiger charge is -2.23. The van der Waals surface area contributed by atoms with E-state index in [9.17, 15) is 17.6 Å². The predicted octanol–water partition coefficient (Wildman–Crippen LogP) is 4.08. The van der Waals surface area contributed by atoms with Crippen molar-refractivity contribution in [1.29, 1.82) is 0 Å². The van der Waals surface area contributed by atoms with Gasteiger partial charge in [0.1, 0.15) is 0 Å². The van der Waals surface area contributed by atoms with E-state index in [0.29, 0.717) is 6.92 Å². The smallest absolute Gasteiger partial charge is 0.265 e. The van der Waals surface area contributed by atoms with Crippen LogP contribution in [0.25, 0.3) is 16.9 Å². The highest BCUT2D eigenvalue weighted by Crippen LogP contribution is 2.41. The Balaban J connectivity index is 1.89. The van der Waals surface area contributed by atoms with Gasteiger partial charge in [0.25, 0.3) is 0 Å². The van der Waals surface area contributed by atoms with E-state index in [-0.39, 0.29) is 5.82 Å². The second kappa shape index (κ2) is 5.70. The van der Waals surface area contributed by atoms with Crippen molar-refractivity contribution >= 4 is 0 Å². The first-order chi connectivity index (χ1) is 11.3. The Bertz CT molecular complexity index is 823. The number of alkyl halides is 4. The molecule has 0 bridgehead atoms. The average molecular weight is 336 g/mol. The van der Waals surface area contributed by atoms with Crippen molar-refractivity contribution in [2.24, 2.45) is 0 Å². The normalized spacial score (nSPS) is 14.4. The molecule has 0 amide bonds. The van der Waals surface area contributed by atoms with E-state index < -0.39 is 17.4 Å². The van der Waals surface area contributed by atoms with Crippen LogP contribution >= 0.6 is 0 Å². The minimum absolute atomic E-state index is 0.289. The summed E-state index contributed by atoms with van der Waals surface area (Å²) in [5.41, 5.74) is -2.32. The van der Waals surface area contributed by atoms with Crippen molar-refractivity contribution in [3.63, 3.8) is 0 Å². The first kappa shape index (κ1) is 16.1. The molecule has 0 aliphatic heterocycles. The van der Waals surface area contributed by atoms with E-state index in [1.165, 1.54) is 10.7 Å². The van der Waals surface area contributed by atoms with E-state index in [4.69, 9.17) is 0 Å². The van der Waals surface area contributed by atoms with Gasteiger partial charge < -0.3 is 0 Å². The molecule has 0 aromatic carbocycles. The summed E-state index contributed by atoms with van der Waals surface area (Å²) in [6.07, 6.45) is 2.42. The Labute approximate surface area is 134 Å². The summed E-state index contributed by atoms with van der Waals surface area (Å²) in [4.78, 5) is 7.81. The fourth-order valence-electron chi connectivity index (χ4n) is 2.10. The Morgan fingerprint density at radius 2 is 1.62 bits per heavy atom. The van der Waals surface area contributed by atoms with E-state index >= 15 is 0 Å². The molecule has 8 heteroatoms. The number of rotatable bonds is 3. The zero-order valence-electron chi connectivity index (χ0n) is 12.5. The molecule has 3 rings (SSSR count). The van der Waals surface area contributed by atoms with Crippen LogP contribution in [0, 0.1) is 0 Å². The quantitative estimate of drug-likeness (QED) is 0.677. The highest BCUT2D eigenvalue weighted by atomic mass is 19.4. The molecule has 0 radical (unpaired) electrons. The summed E-state index contributed by atoms with van der Waals surface area (Å²) in [6, 6.07) is 5.96. The van der Waals surface area contributed by atoms with Gasteiger partial charge in [-0.3, -0.25) is 4.98 Å². The number of hydrogen-bond donors (Lipinski definition) is 0. The van der Waals surface area contributed by atoms with E-state index in [1.54, 1.807) is 36.9 Å². The van der Waals surface area contributed by atoms with Gasteiger partial charge >= 0.3 is 6.18 Å². The standard InChI is InChI=1S/C16H12F4N4/c1-15(17,16(18,19)20)13-2-3-14(22-9-13)24-10-12(8-23-24)11-4-6-21-7-5-11/h2-10H,1H3. The molecule has 3 heterocycles. The van der Waals surface area contributed by atoms with Crippen LogP contribution in [0.5, 0.6) is 0 Å². The first-order valence-corrected chi connectivity index (χ1v) is 6.96. The zero-order chi connectivity index (χ0) is 17.4. The van der Waals surface area contributed by atoms with Crippen LogP contribution in [-0.4, -0.2) is 25.9 Å². The Hall–Kier alpha value is -2.77. The molecule has 124 valence electrons. The van der Waals surface area contributed by atoms with E-state index in [1.807, 2.05) is 0 Å². The minimum atomic E-state index is -5.00. The molecule has 0 aliphatic rings. The summed E-state index contributed by atoms with van der Waals surface area (Å²) in [5.74, 6) is 0.289. The summed E-state index contributed by atoms with van der Waals surface area (Å²) in [6.45, 7) is 0.471. The third kappa shape index (κ3) is 2.86. The lowest BCUT2D eigenvalue weighted by Crippen LogP contribution is -2.35. The van der Waals surface area contributed by atoms with Gasteiger partial charge in [-0.25, -0.2) is 14.1 Å². The van der Waals surface area contributed by atoms with Gasteiger partial charge in [-0.05, 0) is 30.7 Å². The molecule has 0 fully saturated rings. The maximum Gasteiger partial charge on any atom is 0.426 e. The van der Waals surface area contributed by atoms with Gasteiger partial charge in [0.2, 0.25) is 5.67 Å². The molecule has 0 aliphatic carbocycles. The number of hydrogen-bond acceptors (Lipinski definition) is 3. The van der Waals surface area contributed by atoms with E-state index in [2.05, 4.69) is 15.1 Å². The maximum atomic E-state index is 13.9. The van der Waals surface area contributed by atoms with Gasteiger partial charge in [0.15, 0.2) is 5.82 Å². The Kier molecular flexibility index (Phi) is 3.82. The Morgan fingerprint density at radius 3 is 2.21 bits per heavy atom. The monoisotopic (exact) mass is 336 g/mol. The van der Waals surface area contributed by atoms with Gasteiger partial charge in [0, 0.05) is 35.9 Å². The van der Waals surface area contributed by atoms with E-state index in [0.717, 1.165) is 23.4 Å². The molecular weight excluding hydrogens is 324 g/mol. The minimum Gasteiger partial charge on any atom is -0.265 e. The van der Waals surface area contributed by atoms with Crippen molar-refractivity contribution in [3.8, 4) is 16.9 Å². The molecule has 1 atom stereocenters. The number of aromatic nitrogens is 4. The lowest BCUT2D eigenvalue weighted by atomic mass is 9.99. The molecule has 0 saturated carbocycles. The van der Waals surface area contributed by atoms with Crippen molar-refractivity contribution in [3.05, 3.63) is 60.8 Å². The fourth-order valence-corrected chi connectivity index (χ4v) is 2.10. The zero-order valence-corrected chi connectivity index (χ0v) is 12.5. The molecule has 4 nitrogen and oxygen atoms in total. The fraction of sp³-hybridized carbons (Fsp3) is 0.188. The molecule has 1 unspecified atom stereocenters. The number of nitrogens with zero attached hydrogens (tertiary/aromatic N) is 4. The van der Waals surface area contributed by atoms with Crippen LogP contribution in [0.1, 0.15) is 12.5 Å². The van der Waals surface area contributed by atoms with Crippen molar-refractivity contribution < 1.29 is 17.6 Å². The van der Waals surface area contributed by atoms with Gasteiger partial charge in [-0.15, -0.1) is 0 Å². The van der Waals surface area contributed by atoms with Crippen LogP contribution in [0.3, 0.4) is 0 Å². The second-order valence-electron chi connectivity index (χ2n) is 5.32. The summed E-state index contributed by atoms with van der Waals surface area (Å²) >= 11 is 0. The molecule has 3 aromatic heterocycles. The van der Waals surface area contributed by atoms with Crippen molar-refractivity contribution in [2.75, 3.05) is 0 Å². The third-order valence-electron chi connectivity index (χ3n) is 3.65. The molecule has 0 saturated heterocycles. The first-order valence-electron chi connectivity index (χ1n) is 6.96. The van der Waals surface area contributed by atoms with Gasteiger partial charge in [-0.1, -0.05) is 6.07 Å². The summed E-state index contributed by atoms with van der Waals surface area (Å²) < 4.78 is 53.4. The largest absolute Gasteiger partial charge is 0.426 e. The summed E-state index contributed by atoms with van der Waals surface area (Å²) in [5, 5.41) is 4.12. The van der Waals surface area contributed by atoms with Crippen LogP contribution in [0.4, 0.5) is 17.6 Å². The van der Waals surface area contributed by atoms with Gasteiger partial charge in [0.05, 0.1) is 6.20 Å². The van der Waals surface area contributed by atoms with Crippen LogP contribution < -0.4 is 0 Å². The molecule has 0 spiro atoms. The lowest BCUT2D eigenvalue weighted by molar-refractivity contribution is -0.228. The van der Waals surface area contributed by atoms with Crippen LogP contribution in [0.15, 0.2) is 55.2 Å². The second-order valence-corrected chi connectivity index (χ2v) is 5.32. The highest BCUT2D eigenvalue weighted by Gasteiger charge is 2.53. The van der Waals surface area contributed by atoms with Crippen molar-refractivity contribution in [2.45, 2.75) is 18.8 Å². The average Bonchev–Trinajstić information content (AvgIpc) is 3.05. The molecular formula is C16H12F4N4. The number of halogens is 4. The third-order valence-corrected chi connectivity index (χ3v) is 3.65. The maximum absolute atomic E-state index is 13.9. The predicted molar refractivity (Wildman–Crippen MR) is 79.1 cm³/mol.